The normalized spacial score (nSPS) is 11.0. The molecule has 0 atom stereocenters. The van der Waals surface area contributed by atoms with Gasteiger partial charge in [-0.2, -0.15) is 0 Å². The Balaban J connectivity index is 1.79. The van der Waals surface area contributed by atoms with Crippen molar-refractivity contribution in [2.24, 2.45) is 0 Å². The third-order valence-corrected chi connectivity index (χ3v) is 6.42. The van der Waals surface area contributed by atoms with E-state index in [4.69, 9.17) is 0 Å². The summed E-state index contributed by atoms with van der Waals surface area (Å²) in [5.41, 5.74) is 2.50. The first-order chi connectivity index (χ1) is 12.8. The van der Waals surface area contributed by atoms with Crippen molar-refractivity contribution < 1.29 is 13.2 Å². The smallest absolute Gasteiger partial charge is 0.261 e. The molecule has 0 unspecified atom stereocenters. The van der Waals surface area contributed by atoms with Crippen LogP contribution in [0, 0.1) is 10.5 Å². The van der Waals surface area contributed by atoms with Crippen LogP contribution in [0.4, 0.5) is 11.4 Å². The van der Waals surface area contributed by atoms with E-state index in [9.17, 15) is 13.2 Å². The van der Waals surface area contributed by atoms with Gasteiger partial charge in [0.25, 0.3) is 15.9 Å². The topological polar surface area (TPSA) is 75.3 Å². The molecular formula is C20H17IN2O3S. The lowest BCUT2D eigenvalue weighted by Crippen LogP contribution is -2.15. The summed E-state index contributed by atoms with van der Waals surface area (Å²) in [5, 5.41) is 2.83. The summed E-state index contributed by atoms with van der Waals surface area (Å²) in [4.78, 5) is 12.7. The second-order valence-corrected chi connectivity index (χ2v) is 8.76. The molecular weight excluding hydrogens is 475 g/mol. The molecule has 0 heterocycles. The molecule has 7 heteroatoms. The number of anilines is 2. The molecule has 1 amide bonds. The van der Waals surface area contributed by atoms with Crippen LogP contribution in [0.3, 0.4) is 0 Å². The molecule has 0 saturated heterocycles. The van der Waals surface area contributed by atoms with E-state index in [-0.39, 0.29) is 10.8 Å². The zero-order valence-electron chi connectivity index (χ0n) is 14.4. The van der Waals surface area contributed by atoms with Crippen molar-refractivity contribution in [2.75, 3.05) is 10.0 Å². The van der Waals surface area contributed by atoms with Crippen molar-refractivity contribution in [1.82, 2.24) is 0 Å². The van der Waals surface area contributed by atoms with Crippen LogP contribution in [-0.2, 0) is 10.0 Å². The molecule has 0 aliphatic carbocycles. The minimum atomic E-state index is -3.71. The zero-order chi connectivity index (χ0) is 19.4. The number of benzene rings is 3. The highest BCUT2D eigenvalue weighted by molar-refractivity contribution is 14.1. The molecule has 0 aliphatic heterocycles. The Morgan fingerprint density at radius 1 is 0.889 bits per heavy atom. The third kappa shape index (κ3) is 4.86. The fourth-order valence-electron chi connectivity index (χ4n) is 2.41. The quantitative estimate of drug-likeness (QED) is 0.510. The van der Waals surface area contributed by atoms with Crippen molar-refractivity contribution in [3.63, 3.8) is 0 Å². The van der Waals surface area contributed by atoms with Gasteiger partial charge < -0.3 is 5.32 Å². The van der Waals surface area contributed by atoms with Gasteiger partial charge in [0.05, 0.1) is 4.90 Å². The molecule has 0 saturated carbocycles. The molecule has 5 nitrogen and oxygen atoms in total. The van der Waals surface area contributed by atoms with Crippen molar-refractivity contribution in [2.45, 2.75) is 11.8 Å². The first kappa shape index (κ1) is 19.4. The third-order valence-electron chi connectivity index (χ3n) is 3.86. The number of rotatable bonds is 5. The Hall–Kier alpha value is -2.39. The summed E-state index contributed by atoms with van der Waals surface area (Å²) >= 11 is 2.21. The number of hydrogen-bond acceptors (Lipinski definition) is 3. The Bertz CT molecular complexity index is 1080. The van der Waals surface area contributed by atoms with Gasteiger partial charge in [-0.25, -0.2) is 8.42 Å². The molecule has 3 rings (SSSR count). The second kappa shape index (κ2) is 8.10. The Morgan fingerprint density at radius 2 is 1.63 bits per heavy atom. The number of carbonyl (C=O) groups is 1. The van der Waals surface area contributed by atoms with Crippen LogP contribution >= 0.6 is 22.6 Å². The first-order valence-electron chi connectivity index (χ1n) is 8.10. The Morgan fingerprint density at radius 3 is 2.33 bits per heavy atom. The van der Waals surface area contributed by atoms with Gasteiger partial charge in [0.1, 0.15) is 0 Å². The minimum Gasteiger partial charge on any atom is -0.322 e. The maximum atomic E-state index is 12.5. The summed E-state index contributed by atoms with van der Waals surface area (Å²) in [6, 6.07) is 20.1. The Labute approximate surface area is 172 Å². The standard InChI is InChI=1S/C20H17IN2O3S/c1-14-10-11-16(13-19(14)21)22-20(24)15-6-5-7-17(12-15)23-27(25,26)18-8-3-2-4-9-18/h2-13,23H,1H3,(H,22,24). The largest absolute Gasteiger partial charge is 0.322 e. The lowest BCUT2D eigenvalue weighted by atomic mass is 10.1. The van der Waals surface area contributed by atoms with Crippen molar-refractivity contribution in [3.05, 3.63) is 87.5 Å². The van der Waals surface area contributed by atoms with Crippen LogP contribution < -0.4 is 10.0 Å². The molecule has 138 valence electrons. The number of carbonyl (C=O) groups excluding carboxylic acids is 1. The average Bonchev–Trinajstić information content (AvgIpc) is 2.65. The first-order valence-corrected chi connectivity index (χ1v) is 10.7. The summed E-state index contributed by atoms with van der Waals surface area (Å²) in [6.07, 6.45) is 0. The highest BCUT2D eigenvalue weighted by atomic mass is 127. The van der Waals surface area contributed by atoms with E-state index in [1.807, 2.05) is 25.1 Å². The summed E-state index contributed by atoms with van der Waals surface area (Å²) in [7, 11) is -3.71. The minimum absolute atomic E-state index is 0.161. The lowest BCUT2D eigenvalue weighted by Gasteiger charge is -2.10. The summed E-state index contributed by atoms with van der Waals surface area (Å²) in [6.45, 7) is 2.00. The van der Waals surface area contributed by atoms with E-state index in [2.05, 4.69) is 32.6 Å². The highest BCUT2D eigenvalue weighted by Gasteiger charge is 2.15. The molecule has 0 aliphatic rings. The SMILES string of the molecule is Cc1ccc(NC(=O)c2cccc(NS(=O)(=O)c3ccccc3)c2)cc1I. The number of aryl methyl sites for hydroxylation is 1. The van der Waals surface area contributed by atoms with E-state index < -0.39 is 10.0 Å². The van der Waals surface area contributed by atoms with Crippen LogP contribution in [0.2, 0.25) is 0 Å². The molecule has 3 aromatic carbocycles. The fourth-order valence-corrected chi connectivity index (χ4v) is 4.00. The second-order valence-electron chi connectivity index (χ2n) is 5.92. The molecule has 0 fully saturated rings. The number of amides is 1. The molecule has 3 aromatic rings. The van der Waals surface area contributed by atoms with Gasteiger partial charge in [-0.05, 0) is 77.5 Å². The van der Waals surface area contributed by atoms with Crippen LogP contribution in [0.25, 0.3) is 0 Å². The number of halogens is 1. The number of nitrogens with one attached hydrogen (secondary N) is 2. The van der Waals surface area contributed by atoms with Crippen molar-refractivity contribution in [3.8, 4) is 0 Å². The molecule has 0 spiro atoms. The van der Waals surface area contributed by atoms with Gasteiger partial charge >= 0.3 is 0 Å². The lowest BCUT2D eigenvalue weighted by molar-refractivity contribution is 0.102. The highest BCUT2D eigenvalue weighted by Crippen LogP contribution is 2.20. The molecule has 2 N–H and O–H groups in total. The van der Waals surface area contributed by atoms with Crippen molar-refractivity contribution >= 4 is 49.9 Å². The van der Waals surface area contributed by atoms with Gasteiger partial charge in [-0.1, -0.05) is 30.3 Å². The van der Waals surface area contributed by atoms with Crippen LogP contribution in [0.15, 0.2) is 77.7 Å². The zero-order valence-corrected chi connectivity index (χ0v) is 17.4. The Kier molecular flexibility index (Phi) is 5.81. The average molecular weight is 492 g/mol. The van der Waals surface area contributed by atoms with Crippen LogP contribution in [0.5, 0.6) is 0 Å². The predicted octanol–water partition coefficient (Wildman–Crippen LogP) is 4.65. The maximum Gasteiger partial charge on any atom is 0.261 e. The van der Waals surface area contributed by atoms with Gasteiger partial charge in [0.2, 0.25) is 0 Å². The fraction of sp³-hybridized carbons (Fsp3) is 0.0500. The number of sulfonamides is 1. The van der Waals surface area contributed by atoms with Gasteiger partial charge in [-0.3, -0.25) is 9.52 Å². The van der Waals surface area contributed by atoms with E-state index in [1.165, 1.54) is 18.2 Å². The van der Waals surface area contributed by atoms with E-state index >= 15 is 0 Å². The van der Waals surface area contributed by atoms with E-state index in [0.29, 0.717) is 16.9 Å². The molecule has 27 heavy (non-hydrogen) atoms. The van der Waals surface area contributed by atoms with Gasteiger partial charge in [0, 0.05) is 20.5 Å². The van der Waals surface area contributed by atoms with E-state index in [0.717, 1.165) is 9.13 Å². The predicted molar refractivity (Wildman–Crippen MR) is 116 cm³/mol. The summed E-state index contributed by atoms with van der Waals surface area (Å²) in [5.74, 6) is -0.310. The van der Waals surface area contributed by atoms with Gasteiger partial charge in [0.15, 0.2) is 0 Å². The van der Waals surface area contributed by atoms with Crippen LogP contribution in [0.1, 0.15) is 15.9 Å². The molecule has 0 aromatic heterocycles. The maximum absolute atomic E-state index is 12.5. The summed E-state index contributed by atoms with van der Waals surface area (Å²) < 4.78 is 28.4. The molecule has 0 radical (unpaired) electrons. The molecule has 0 bridgehead atoms. The van der Waals surface area contributed by atoms with Gasteiger partial charge in [-0.15, -0.1) is 0 Å². The monoisotopic (exact) mass is 492 g/mol. The number of hydrogen-bond donors (Lipinski definition) is 2. The van der Waals surface area contributed by atoms with E-state index in [1.54, 1.807) is 36.4 Å². The van der Waals surface area contributed by atoms with Crippen molar-refractivity contribution in [1.29, 1.82) is 0 Å². The van der Waals surface area contributed by atoms with Crippen LogP contribution in [-0.4, -0.2) is 14.3 Å².